The molecular weight excluding hydrogens is 212 g/mol. The van der Waals surface area contributed by atoms with E-state index in [1.165, 1.54) is 6.42 Å². The molecule has 0 unspecified atom stereocenters. The summed E-state index contributed by atoms with van der Waals surface area (Å²) in [6.07, 6.45) is 5.29. The summed E-state index contributed by atoms with van der Waals surface area (Å²) in [5, 5.41) is 20.9. The van der Waals surface area contributed by atoms with Gasteiger partial charge in [0.25, 0.3) is 0 Å². The minimum atomic E-state index is -0.604. The molecule has 0 spiro atoms. The lowest BCUT2D eigenvalue weighted by atomic mass is 9.76. The molecule has 2 rings (SSSR count). The van der Waals surface area contributed by atoms with E-state index in [2.05, 4.69) is 6.92 Å². The maximum absolute atomic E-state index is 10.6. The average molecular weight is 240 g/mol. The summed E-state index contributed by atoms with van der Waals surface area (Å²) in [5.74, 6) is 2.09. The van der Waals surface area contributed by atoms with Crippen LogP contribution in [-0.4, -0.2) is 21.4 Å². The van der Waals surface area contributed by atoms with Crippen LogP contribution in [0.3, 0.4) is 0 Å². The Morgan fingerprint density at radius 2 is 1.82 bits per heavy atom. The van der Waals surface area contributed by atoms with E-state index in [4.69, 9.17) is 0 Å². The number of hydrogen-bond acceptors (Lipinski definition) is 2. The fourth-order valence-electron chi connectivity index (χ4n) is 4.18. The molecule has 100 valence electrons. The third kappa shape index (κ3) is 2.53. The van der Waals surface area contributed by atoms with Gasteiger partial charge in [-0.25, -0.2) is 0 Å². The highest BCUT2D eigenvalue weighted by Gasteiger charge is 2.48. The van der Waals surface area contributed by atoms with Gasteiger partial charge in [0.15, 0.2) is 0 Å². The molecule has 2 N–H and O–H groups in total. The number of rotatable bonds is 1. The van der Waals surface area contributed by atoms with Crippen LogP contribution < -0.4 is 0 Å². The van der Waals surface area contributed by atoms with Crippen LogP contribution >= 0.6 is 0 Å². The Balaban J connectivity index is 2.22. The number of fused-ring (bicyclic) bond motifs is 1. The highest BCUT2D eigenvalue weighted by molar-refractivity contribution is 4.99. The molecule has 2 saturated carbocycles. The summed E-state index contributed by atoms with van der Waals surface area (Å²) in [5.41, 5.74) is -1.12. The second kappa shape index (κ2) is 4.24. The molecule has 0 aromatic heterocycles. The van der Waals surface area contributed by atoms with Crippen LogP contribution in [0.4, 0.5) is 0 Å². The van der Waals surface area contributed by atoms with Crippen molar-refractivity contribution in [2.45, 2.75) is 71.0 Å². The molecule has 0 radical (unpaired) electrons. The molecule has 2 fully saturated rings. The van der Waals surface area contributed by atoms with Crippen molar-refractivity contribution in [3.05, 3.63) is 0 Å². The molecule has 0 aromatic carbocycles. The first-order chi connectivity index (χ1) is 7.72. The molecule has 2 aliphatic carbocycles. The average Bonchev–Trinajstić information content (AvgIpc) is 2.46. The Bertz CT molecular complexity index is 277. The lowest BCUT2D eigenvalue weighted by molar-refractivity contribution is -0.0210. The summed E-state index contributed by atoms with van der Waals surface area (Å²) in [6, 6.07) is 0. The van der Waals surface area contributed by atoms with Gasteiger partial charge in [-0.1, -0.05) is 13.3 Å². The van der Waals surface area contributed by atoms with Crippen molar-refractivity contribution in [1.82, 2.24) is 0 Å². The molecule has 0 heterocycles. The Morgan fingerprint density at radius 1 is 1.18 bits per heavy atom. The molecule has 0 aliphatic heterocycles. The van der Waals surface area contributed by atoms with E-state index in [1.807, 2.05) is 20.8 Å². The first-order valence-electron chi connectivity index (χ1n) is 7.16. The fourth-order valence-corrected chi connectivity index (χ4v) is 4.18. The first kappa shape index (κ1) is 13.4. The van der Waals surface area contributed by atoms with Crippen molar-refractivity contribution in [1.29, 1.82) is 0 Å². The van der Waals surface area contributed by atoms with Gasteiger partial charge in [-0.2, -0.15) is 0 Å². The monoisotopic (exact) mass is 240 g/mol. The van der Waals surface area contributed by atoms with Gasteiger partial charge >= 0.3 is 0 Å². The van der Waals surface area contributed by atoms with Gasteiger partial charge in [-0.3, -0.25) is 0 Å². The predicted molar refractivity (Wildman–Crippen MR) is 69.6 cm³/mol. The second-order valence-electron chi connectivity index (χ2n) is 7.31. The van der Waals surface area contributed by atoms with Crippen LogP contribution in [0.2, 0.25) is 0 Å². The first-order valence-corrected chi connectivity index (χ1v) is 7.16. The standard InChI is InChI=1S/C15H28O2/c1-10-5-6-13-12(10)9-11(14(2,3)16)7-8-15(13,4)17/h10-13,16-17H,5-9H2,1-4H3/t10-,11+,12-,13-,15+/m0/s1. The smallest absolute Gasteiger partial charge is 0.0650 e. The van der Waals surface area contributed by atoms with Gasteiger partial charge in [0.05, 0.1) is 11.2 Å². The minimum Gasteiger partial charge on any atom is -0.390 e. The zero-order valence-corrected chi connectivity index (χ0v) is 11.7. The topological polar surface area (TPSA) is 40.5 Å². The molecule has 0 amide bonds. The molecule has 5 atom stereocenters. The summed E-state index contributed by atoms with van der Waals surface area (Å²) in [4.78, 5) is 0. The van der Waals surface area contributed by atoms with E-state index in [0.717, 1.165) is 25.7 Å². The van der Waals surface area contributed by atoms with E-state index >= 15 is 0 Å². The number of hydrogen-bond donors (Lipinski definition) is 2. The molecule has 0 bridgehead atoms. The van der Waals surface area contributed by atoms with E-state index in [-0.39, 0.29) is 0 Å². The van der Waals surface area contributed by atoms with Gasteiger partial charge in [0, 0.05) is 0 Å². The second-order valence-corrected chi connectivity index (χ2v) is 7.31. The Labute approximate surface area is 105 Å². The Morgan fingerprint density at radius 3 is 2.41 bits per heavy atom. The zero-order chi connectivity index (χ0) is 12.8. The lowest BCUT2D eigenvalue weighted by Crippen LogP contribution is -2.36. The Kier molecular flexibility index (Phi) is 3.33. The van der Waals surface area contributed by atoms with E-state index in [9.17, 15) is 10.2 Å². The lowest BCUT2D eigenvalue weighted by Gasteiger charge is -2.33. The molecular formula is C15H28O2. The summed E-state index contributed by atoms with van der Waals surface area (Å²) in [6.45, 7) is 8.17. The van der Waals surface area contributed by atoms with Gasteiger partial charge in [-0.15, -0.1) is 0 Å². The van der Waals surface area contributed by atoms with Crippen LogP contribution in [0.1, 0.15) is 59.8 Å². The highest BCUT2D eigenvalue weighted by Crippen LogP contribution is 2.51. The van der Waals surface area contributed by atoms with E-state index in [1.54, 1.807) is 0 Å². The van der Waals surface area contributed by atoms with E-state index < -0.39 is 11.2 Å². The third-order valence-electron chi connectivity index (χ3n) is 5.53. The normalized spacial score (nSPS) is 47.6. The maximum Gasteiger partial charge on any atom is 0.0650 e. The van der Waals surface area contributed by atoms with Crippen molar-refractivity contribution in [2.75, 3.05) is 0 Å². The predicted octanol–water partition coefficient (Wildman–Crippen LogP) is 2.97. The summed E-state index contributed by atoms with van der Waals surface area (Å²) < 4.78 is 0. The van der Waals surface area contributed by atoms with Gasteiger partial charge in [-0.05, 0) is 70.1 Å². The highest BCUT2D eigenvalue weighted by atomic mass is 16.3. The van der Waals surface area contributed by atoms with Crippen molar-refractivity contribution in [3.8, 4) is 0 Å². The summed E-state index contributed by atoms with van der Waals surface area (Å²) >= 11 is 0. The third-order valence-corrected chi connectivity index (χ3v) is 5.53. The van der Waals surface area contributed by atoms with Crippen molar-refractivity contribution < 1.29 is 10.2 Å². The molecule has 17 heavy (non-hydrogen) atoms. The van der Waals surface area contributed by atoms with Crippen LogP contribution in [0.25, 0.3) is 0 Å². The minimum absolute atomic E-state index is 0.338. The quantitative estimate of drug-likeness (QED) is 0.740. The summed E-state index contributed by atoms with van der Waals surface area (Å²) in [7, 11) is 0. The van der Waals surface area contributed by atoms with Gasteiger partial charge < -0.3 is 10.2 Å². The van der Waals surface area contributed by atoms with E-state index in [0.29, 0.717) is 23.7 Å². The number of aliphatic hydroxyl groups is 2. The van der Waals surface area contributed by atoms with Crippen LogP contribution in [0.15, 0.2) is 0 Å². The fraction of sp³-hybridized carbons (Fsp3) is 1.00. The largest absolute Gasteiger partial charge is 0.390 e. The SMILES string of the molecule is C[C@H]1CC[C@H]2[C@H]1C[C@H](C(C)(C)O)CC[C@@]2(C)O. The molecule has 0 saturated heterocycles. The van der Waals surface area contributed by atoms with Crippen LogP contribution in [0.5, 0.6) is 0 Å². The zero-order valence-electron chi connectivity index (χ0n) is 11.7. The van der Waals surface area contributed by atoms with Crippen LogP contribution in [0, 0.1) is 23.7 Å². The maximum atomic E-state index is 10.6. The van der Waals surface area contributed by atoms with Gasteiger partial charge in [0.2, 0.25) is 0 Å². The van der Waals surface area contributed by atoms with Crippen molar-refractivity contribution in [2.24, 2.45) is 23.7 Å². The van der Waals surface area contributed by atoms with Crippen molar-refractivity contribution >= 4 is 0 Å². The van der Waals surface area contributed by atoms with Gasteiger partial charge in [0.1, 0.15) is 0 Å². The molecule has 2 aliphatic rings. The Hall–Kier alpha value is -0.0800. The van der Waals surface area contributed by atoms with Crippen molar-refractivity contribution in [3.63, 3.8) is 0 Å². The molecule has 0 aromatic rings. The molecule has 2 heteroatoms. The van der Waals surface area contributed by atoms with Crippen LogP contribution in [-0.2, 0) is 0 Å². The molecule has 2 nitrogen and oxygen atoms in total.